The normalized spacial score (nSPS) is 16.0. The minimum atomic E-state index is -0.693. The molecular weight excluding hydrogens is 905 g/mol. The van der Waals surface area contributed by atoms with Crippen molar-refractivity contribution in [1.82, 2.24) is 31.6 Å². The quantitative estimate of drug-likeness (QED) is 0.0250. The monoisotopic (exact) mass is 1010 g/mol. The number of rotatable bonds is 41. The molecule has 1 saturated heterocycles. The van der Waals surface area contributed by atoms with Crippen molar-refractivity contribution in [2.24, 2.45) is 11.8 Å². The van der Waals surface area contributed by atoms with E-state index >= 15 is 0 Å². The summed E-state index contributed by atoms with van der Waals surface area (Å²) in [7, 11) is 1.79. The minimum absolute atomic E-state index is 0.0207. The highest BCUT2D eigenvalue weighted by atomic mass is 16.5. The number of Topliss-reactive ketones (excluding diaryl/α,β-unsaturated/α-hetero) is 1. The van der Waals surface area contributed by atoms with E-state index < -0.39 is 35.1 Å². The van der Waals surface area contributed by atoms with E-state index in [-0.39, 0.29) is 66.5 Å². The minimum Gasteiger partial charge on any atom is -0.464 e. The van der Waals surface area contributed by atoms with Gasteiger partial charge in [0.1, 0.15) is 17.9 Å². The van der Waals surface area contributed by atoms with Crippen LogP contribution in [0.3, 0.4) is 0 Å². The van der Waals surface area contributed by atoms with Gasteiger partial charge in [-0.15, -0.1) is 0 Å². The third kappa shape index (κ3) is 31.5. The molecule has 0 aliphatic carbocycles. The molecule has 71 heavy (non-hydrogen) atoms. The molecule has 0 aromatic rings. The Hall–Kier alpha value is -3.63. The number of piperidine rings is 1. The van der Waals surface area contributed by atoms with Crippen molar-refractivity contribution in [3.8, 4) is 0 Å². The number of carbonyl (C=O) groups is 7. The van der Waals surface area contributed by atoms with E-state index in [1.807, 2.05) is 55.4 Å². The Balaban J connectivity index is 2.19. The van der Waals surface area contributed by atoms with Crippen LogP contribution in [0.15, 0.2) is 0 Å². The zero-order chi connectivity index (χ0) is 53.2. The lowest BCUT2D eigenvalue weighted by molar-refractivity contribution is -0.246. The number of nitrogens with one attached hydrogen (secondary N) is 5. The average Bonchev–Trinajstić information content (AvgIpc) is 3.28. The molecule has 1 aliphatic heterocycles. The molecule has 0 aromatic carbocycles. The predicted molar refractivity (Wildman–Crippen MR) is 280 cm³/mol. The summed E-state index contributed by atoms with van der Waals surface area (Å²) in [5.74, 6) is -0.482. The maximum Gasteiger partial charge on any atom is 0.328 e. The molecule has 0 radical (unpaired) electrons. The zero-order valence-electron chi connectivity index (χ0n) is 46.2. The lowest BCUT2D eigenvalue weighted by atomic mass is 9.79. The Labute approximate surface area is 429 Å². The van der Waals surface area contributed by atoms with Gasteiger partial charge in [-0.2, -0.15) is 5.06 Å². The Morgan fingerprint density at radius 2 is 0.944 bits per heavy atom. The van der Waals surface area contributed by atoms with Crippen molar-refractivity contribution in [1.29, 1.82) is 0 Å². The second-order valence-corrected chi connectivity index (χ2v) is 22.4. The number of nitrogens with zero attached hydrogens (tertiary/aromatic N) is 1. The van der Waals surface area contributed by atoms with Gasteiger partial charge in [0.15, 0.2) is 0 Å². The third-order valence-electron chi connectivity index (χ3n) is 13.3. The SMILES string of the molecule is CNC(CCCCNC(=O)CCCCCCCCC(=O)NC(CC(C)C)C(=O)OCCCCCCOC(=O)C(CC(C)C)NC(=O)CCCCCCCCC(C)=O)C(=O)NC1CC(C)(C)N(O)C(C)(C)C1. The fourth-order valence-electron chi connectivity index (χ4n) is 9.52. The largest absolute Gasteiger partial charge is 0.464 e. The van der Waals surface area contributed by atoms with Crippen molar-refractivity contribution in [2.75, 3.05) is 26.8 Å². The summed E-state index contributed by atoms with van der Waals surface area (Å²) in [4.78, 5) is 87.7. The van der Waals surface area contributed by atoms with Gasteiger partial charge in [-0.1, -0.05) is 79.1 Å². The summed E-state index contributed by atoms with van der Waals surface area (Å²) in [6.07, 6.45) is 20.3. The molecule has 6 N–H and O–H groups in total. The van der Waals surface area contributed by atoms with Crippen LogP contribution >= 0.6 is 0 Å². The van der Waals surface area contributed by atoms with Crippen LogP contribution in [0, 0.1) is 11.8 Å². The standard InChI is InChI=1S/C55H102N6O10/c1-41(2)37-46(59-49(64)32-23-17-12-11-15-21-29-43(5)62)52(67)70-35-27-19-20-28-36-71-53(68)47(38-42(3)4)60-50(65)33-24-18-14-13-16-22-31-48(63)57-34-26-25-30-45(56-10)51(66)58-44-39-54(6,7)61(69)55(8,9)40-44/h41-42,44-47,56,69H,11-40H2,1-10H3,(H,57,63)(H,58,66)(H,59,64)(H,60,65). The molecule has 0 spiro atoms. The molecule has 1 heterocycles. The first-order valence-electron chi connectivity index (χ1n) is 27.7. The first kappa shape index (κ1) is 65.4. The number of amides is 4. The number of unbranched alkanes of at least 4 members (excludes halogenated alkanes) is 14. The van der Waals surface area contributed by atoms with Crippen LogP contribution in [0.1, 0.15) is 236 Å². The molecule has 1 rings (SSSR count). The Bertz CT molecular complexity index is 1540. The summed E-state index contributed by atoms with van der Waals surface area (Å²) in [5.41, 5.74) is -0.876. The topological polar surface area (TPSA) is 222 Å². The number of hydroxylamine groups is 2. The van der Waals surface area contributed by atoms with E-state index in [1.165, 1.54) is 5.06 Å². The van der Waals surface area contributed by atoms with E-state index in [4.69, 9.17) is 9.47 Å². The first-order valence-corrected chi connectivity index (χ1v) is 27.7. The summed E-state index contributed by atoms with van der Waals surface area (Å²) in [6, 6.07) is -1.70. The van der Waals surface area contributed by atoms with Crippen LogP contribution in [0.5, 0.6) is 0 Å². The molecule has 0 bridgehead atoms. The average molecular weight is 1010 g/mol. The maximum atomic E-state index is 13.1. The summed E-state index contributed by atoms with van der Waals surface area (Å²) in [5, 5.41) is 27.1. The maximum absolute atomic E-state index is 13.1. The van der Waals surface area contributed by atoms with Crippen LogP contribution in [0.25, 0.3) is 0 Å². The molecular formula is C55H102N6O10. The highest BCUT2D eigenvalue weighted by molar-refractivity contribution is 5.85. The van der Waals surface area contributed by atoms with Crippen molar-refractivity contribution in [3.05, 3.63) is 0 Å². The molecule has 3 atom stereocenters. The molecule has 4 amide bonds. The van der Waals surface area contributed by atoms with Gasteiger partial charge in [0.2, 0.25) is 23.6 Å². The second-order valence-electron chi connectivity index (χ2n) is 22.4. The lowest BCUT2D eigenvalue weighted by Crippen LogP contribution is -2.63. The van der Waals surface area contributed by atoms with Crippen molar-refractivity contribution in [2.45, 2.75) is 271 Å². The van der Waals surface area contributed by atoms with Crippen LogP contribution in [-0.2, 0) is 43.0 Å². The first-order chi connectivity index (χ1) is 33.6. The van der Waals surface area contributed by atoms with E-state index in [1.54, 1.807) is 14.0 Å². The molecule has 16 nitrogen and oxygen atoms in total. The number of carbonyl (C=O) groups excluding carboxylic acids is 7. The zero-order valence-corrected chi connectivity index (χ0v) is 46.2. The van der Waals surface area contributed by atoms with E-state index in [2.05, 4.69) is 26.6 Å². The molecule has 3 unspecified atom stereocenters. The Kier molecular flexibility index (Phi) is 34.2. The number of hydrogen-bond acceptors (Lipinski definition) is 12. The van der Waals surface area contributed by atoms with Crippen LogP contribution in [0.2, 0.25) is 0 Å². The van der Waals surface area contributed by atoms with Gasteiger partial charge in [-0.05, 0) is 150 Å². The van der Waals surface area contributed by atoms with Gasteiger partial charge >= 0.3 is 11.9 Å². The molecule has 1 aliphatic rings. The molecule has 0 saturated carbocycles. The number of hydrogen-bond donors (Lipinski definition) is 6. The summed E-state index contributed by atoms with van der Waals surface area (Å²) < 4.78 is 11.1. The number of esters is 2. The van der Waals surface area contributed by atoms with Crippen molar-refractivity contribution < 1.29 is 48.2 Å². The van der Waals surface area contributed by atoms with Crippen LogP contribution in [0.4, 0.5) is 0 Å². The smallest absolute Gasteiger partial charge is 0.328 e. The number of likely N-dealkylation sites (N-methyl/N-ethyl adjacent to an activating group) is 1. The van der Waals surface area contributed by atoms with Crippen LogP contribution in [-0.4, -0.2) is 114 Å². The Morgan fingerprint density at radius 3 is 1.35 bits per heavy atom. The van der Waals surface area contributed by atoms with Gasteiger partial charge in [-0.25, -0.2) is 9.59 Å². The summed E-state index contributed by atoms with van der Waals surface area (Å²) in [6.45, 7) is 18.7. The molecule has 0 aromatic heterocycles. The summed E-state index contributed by atoms with van der Waals surface area (Å²) >= 11 is 0. The van der Waals surface area contributed by atoms with Crippen molar-refractivity contribution >= 4 is 41.4 Å². The second kappa shape index (κ2) is 37.2. The highest BCUT2D eigenvalue weighted by Gasteiger charge is 2.45. The third-order valence-corrected chi connectivity index (χ3v) is 13.3. The predicted octanol–water partition coefficient (Wildman–Crippen LogP) is 8.93. The van der Waals surface area contributed by atoms with Gasteiger partial charge in [0.25, 0.3) is 0 Å². The molecule has 16 heteroatoms. The van der Waals surface area contributed by atoms with Gasteiger partial charge in [0.05, 0.1) is 19.3 Å². The molecule has 1 fully saturated rings. The highest BCUT2D eigenvalue weighted by Crippen LogP contribution is 2.36. The van der Waals surface area contributed by atoms with Gasteiger partial charge in [-0.3, -0.25) is 19.2 Å². The van der Waals surface area contributed by atoms with Crippen LogP contribution < -0.4 is 26.6 Å². The van der Waals surface area contributed by atoms with E-state index in [9.17, 15) is 38.8 Å². The Morgan fingerprint density at radius 1 is 0.549 bits per heavy atom. The fraction of sp³-hybridized carbons (Fsp3) is 0.873. The van der Waals surface area contributed by atoms with Crippen molar-refractivity contribution in [3.63, 3.8) is 0 Å². The van der Waals surface area contributed by atoms with Gasteiger partial charge < -0.3 is 46.1 Å². The molecule has 412 valence electrons. The fourth-order valence-corrected chi connectivity index (χ4v) is 9.52. The van der Waals surface area contributed by atoms with Gasteiger partial charge in [0, 0.05) is 49.3 Å². The van der Waals surface area contributed by atoms with E-state index in [0.29, 0.717) is 77.2 Å². The lowest BCUT2D eigenvalue weighted by Gasteiger charge is -2.51. The number of ketones is 1. The van der Waals surface area contributed by atoms with E-state index in [0.717, 1.165) is 103 Å². The number of ether oxygens (including phenoxy) is 2.